The molecular weight excluding hydrogens is 194 g/mol. The zero-order chi connectivity index (χ0) is 9.38. The fourth-order valence-electron chi connectivity index (χ4n) is 1.57. The van der Waals surface area contributed by atoms with Crippen molar-refractivity contribution >= 4 is 27.3 Å². The van der Waals surface area contributed by atoms with Crippen molar-refractivity contribution in [1.29, 1.82) is 0 Å². The second-order valence-electron chi connectivity index (χ2n) is 3.18. The molecule has 0 radical (unpaired) electrons. The van der Waals surface area contributed by atoms with Gasteiger partial charge in [-0.05, 0) is 17.5 Å². The highest BCUT2D eigenvalue weighted by Gasteiger charge is 2.12. The predicted molar refractivity (Wildman–Crippen MR) is 59.2 cm³/mol. The van der Waals surface area contributed by atoms with Gasteiger partial charge < -0.3 is 4.74 Å². The third kappa shape index (κ3) is 1.21. The summed E-state index contributed by atoms with van der Waals surface area (Å²) in [7, 11) is 0. The Balaban J connectivity index is 2.14. The van der Waals surface area contributed by atoms with Crippen LogP contribution in [-0.2, 0) is 4.74 Å². The lowest BCUT2D eigenvalue weighted by Crippen LogP contribution is -1.97. The van der Waals surface area contributed by atoms with E-state index >= 15 is 0 Å². The molecule has 14 heavy (non-hydrogen) atoms. The quantitative estimate of drug-likeness (QED) is 0.698. The van der Waals surface area contributed by atoms with Crippen LogP contribution in [0.3, 0.4) is 0 Å². The Bertz CT molecular complexity index is 468. The van der Waals surface area contributed by atoms with Crippen LogP contribution in [0.4, 0.5) is 0 Å². The Morgan fingerprint density at radius 2 is 2.21 bits per heavy atom. The van der Waals surface area contributed by atoms with Crippen molar-refractivity contribution in [2.24, 2.45) is 4.99 Å². The summed E-state index contributed by atoms with van der Waals surface area (Å²) in [5.41, 5.74) is 0. The molecule has 0 saturated carbocycles. The monoisotopic (exact) mass is 203 g/mol. The third-order valence-electron chi connectivity index (χ3n) is 2.22. The molecule has 1 aromatic heterocycles. The van der Waals surface area contributed by atoms with Crippen molar-refractivity contribution in [2.45, 2.75) is 0 Å². The molecule has 3 rings (SSSR count). The van der Waals surface area contributed by atoms with E-state index < -0.39 is 0 Å². The van der Waals surface area contributed by atoms with Crippen LogP contribution in [0.25, 0.3) is 10.1 Å². The molecule has 70 valence electrons. The SMILES string of the molecule is c1ccc2sc(C3=NCCO3)cc2c1. The number of rotatable bonds is 1. The zero-order valence-corrected chi connectivity index (χ0v) is 8.38. The molecule has 2 aromatic rings. The van der Waals surface area contributed by atoms with Crippen molar-refractivity contribution in [2.75, 3.05) is 13.2 Å². The minimum atomic E-state index is 0.726. The normalized spacial score (nSPS) is 15.6. The van der Waals surface area contributed by atoms with E-state index in [1.54, 1.807) is 11.3 Å². The average molecular weight is 203 g/mol. The summed E-state index contributed by atoms with van der Waals surface area (Å²) in [4.78, 5) is 5.45. The van der Waals surface area contributed by atoms with Gasteiger partial charge in [0.05, 0.1) is 11.4 Å². The van der Waals surface area contributed by atoms with E-state index in [9.17, 15) is 0 Å². The Kier molecular flexibility index (Phi) is 1.77. The largest absolute Gasteiger partial charge is 0.475 e. The Morgan fingerprint density at radius 1 is 1.29 bits per heavy atom. The summed E-state index contributed by atoms with van der Waals surface area (Å²) in [5, 5.41) is 1.27. The van der Waals surface area contributed by atoms with Gasteiger partial charge in [0.15, 0.2) is 0 Å². The van der Waals surface area contributed by atoms with Crippen molar-refractivity contribution in [3.8, 4) is 0 Å². The highest BCUT2D eigenvalue weighted by molar-refractivity contribution is 7.20. The molecule has 2 nitrogen and oxygen atoms in total. The highest BCUT2D eigenvalue weighted by Crippen LogP contribution is 2.26. The van der Waals surface area contributed by atoms with Crippen LogP contribution in [0.5, 0.6) is 0 Å². The maximum atomic E-state index is 5.43. The summed E-state index contributed by atoms with van der Waals surface area (Å²) < 4.78 is 6.72. The number of hydrogen-bond donors (Lipinski definition) is 0. The van der Waals surface area contributed by atoms with Crippen LogP contribution in [0.15, 0.2) is 35.3 Å². The molecule has 3 heteroatoms. The topological polar surface area (TPSA) is 21.6 Å². The van der Waals surface area contributed by atoms with Crippen LogP contribution in [0.1, 0.15) is 4.88 Å². The minimum Gasteiger partial charge on any atom is -0.475 e. The number of hydrogen-bond acceptors (Lipinski definition) is 3. The first kappa shape index (κ1) is 8.00. The van der Waals surface area contributed by atoms with E-state index in [-0.39, 0.29) is 0 Å². The Labute approximate surface area is 85.9 Å². The molecule has 0 bridgehead atoms. The van der Waals surface area contributed by atoms with Gasteiger partial charge in [0.25, 0.3) is 0 Å². The van der Waals surface area contributed by atoms with Crippen LogP contribution >= 0.6 is 11.3 Å². The Hall–Kier alpha value is -1.35. The summed E-state index contributed by atoms with van der Waals surface area (Å²) in [6.45, 7) is 1.52. The van der Waals surface area contributed by atoms with Crippen molar-refractivity contribution in [3.05, 3.63) is 35.2 Å². The molecule has 1 aliphatic heterocycles. The predicted octanol–water partition coefficient (Wildman–Crippen LogP) is 2.68. The molecule has 0 spiro atoms. The molecule has 1 aliphatic rings. The lowest BCUT2D eigenvalue weighted by atomic mass is 10.2. The molecule has 2 heterocycles. The number of aliphatic imine (C=N–C) groups is 1. The lowest BCUT2D eigenvalue weighted by Gasteiger charge is -1.94. The number of benzene rings is 1. The van der Waals surface area contributed by atoms with Gasteiger partial charge in [0, 0.05) is 4.70 Å². The number of fused-ring (bicyclic) bond motifs is 1. The van der Waals surface area contributed by atoms with E-state index in [1.807, 2.05) is 0 Å². The number of thiophene rings is 1. The van der Waals surface area contributed by atoms with Crippen molar-refractivity contribution < 1.29 is 4.74 Å². The summed E-state index contributed by atoms with van der Waals surface area (Å²) in [6.07, 6.45) is 0. The molecule has 0 amide bonds. The standard InChI is InChI=1S/C11H9NOS/c1-2-4-9-8(3-1)7-10(14-9)11-12-5-6-13-11/h1-4,7H,5-6H2. The summed E-state index contributed by atoms with van der Waals surface area (Å²) in [5.74, 6) is 0.811. The lowest BCUT2D eigenvalue weighted by molar-refractivity contribution is 0.349. The van der Waals surface area contributed by atoms with Gasteiger partial charge in [-0.15, -0.1) is 11.3 Å². The van der Waals surface area contributed by atoms with Gasteiger partial charge in [0.1, 0.15) is 6.61 Å². The fraction of sp³-hybridized carbons (Fsp3) is 0.182. The maximum absolute atomic E-state index is 5.43. The highest BCUT2D eigenvalue weighted by atomic mass is 32.1. The van der Waals surface area contributed by atoms with Crippen molar-refractivity contribution in [3.63, 3.8) is 0 Å². The number of ether oxygens (including phenoxy) is 1. The van der Waals surface area contributed by atoms with Gasteiger partial charge in [-0.25, -0.2) is 4.99 Å². The van der Waals surface area contributed by atoms with E-state index in [4.69, 9.17) is 4.74 Å². The molecule has 0 atom stereocenters. The molecule has 1 aromatic carbocycles. The molecule has 0 unspecified atom stereocenters. The summed E-state index contributed by atoms with van der Waals surface area (Å²) in [6, 6.07) is 10.5. The van der Waals surface area contributed by atoms with E-state index in [0.717, 1.165) is 23.9 Å². The third-order valence-corrected chi connectivity index (χ3v) is 3.33. The minimum absolute atomic E-state index is 0.726. The maximum Gasteiger partial charge on any atom is 0.226 e. The Morgan fingerprint density at radius 3 is 3.00 bits per heavy atom. The first-order chi connectivity index (χ1) is 6.93. The van der Waals surface area contributed by atoms with Gasteiger partial charge in [-0.1, -0.05) is 18.2 Å². The first-order valence-corrected chi connectivity index (χ1v) is 5.41. The number of nitrogens with zero attached hydrogens (tertiary/aromatic N) is 1. The fourth-order valence-corrected chi connectivity index (χ4v) is 2.60. The second kappa shape index (κ2) is 3.10. The van der Waals surface area contributed by atoms with Gasteiger partial charge in [-0.3, -0.25) is 0 Å². The first-order valence-electron chi connectivity index (χ1n) is 4.60. The molecular formula is C11H9NOS. The smallest absolute Gasteiger partial charge is 0.226 e. The zero-order valence-electron chi connectivity index (χ0n) is 7.56. The van der Waals surface area contributed by atoms with E-state index in [1.165, 1.54) is 10.1 Å². The summed E-state index contributed by atoms with van der Waals surface area (Å²) >= 11 is 1.74. The van der Waals surface area contributed by atoms with E-state index in [2.05, 4.69) is 35.3 Å². The van der Waals surface area contributed by atoms with Crippen LogP contribution < -0.4 is 0 Å². The van der Waals surface area contributed by atoms with Crippen LogP contribution in [-0.4, -0.2) is 19.0 Å². The average Bonchev–Trinajstić information content (AvgIpc) is 2.86. The molecule has 0 N–H and O–H groups in total. The molecule has 0 fully saturated rings. The van der Waals surface area contributed by atoms with Crippen LogP contribution in [0, 0.1) is 0 Å². The van der Waals surface area contributed by atoms with Gasteiger partial charge in [0.2, 0.25) is 5.90 Å². The molecule has 0 aliphatic carbocycles. The second-order valence-corrected chi connectivity index (χ2v) is 4.27. The van der Waals surface area contributed by atoms with Gasteiger partial charge >= 0.3 is 0 Å². The van der Waals surface area contributed by atoms with Gasteiger partial charge in [-0.2, -0.15) is 0 Å². The van der Waals surface area contributed by atoms with E-state index in [0.29, 0.717) is 0 Å². The molecule has 0 saturated heterocycles. The van der Waals surface area contributed by atoms with Crippen LogP contribution in [0.2, 0.25) is 0 Å². The van der Waals surface area contributed by atoms with Crippen molar-refractivity contribution in [1.82, 2.24) is 0 Å².